The molecule has 0 saturated heterocycles. The molecule has 3 N–H and O–H groups in total. The average molecular weight is 400 g/mol. The molecule has 1 aromatic carbocycles. The fourth-order valence-corrected chi connectivity index (χ4v) is 2.20. The quantitative estimate of drug-likeness (QED) is 0.740. The molecule has 0 saturated carbocycles. The molecule has 2 unspecified atom stereocenters. The maximum absolute atomic E-state index is 12.2. The molecular weight excluding hydrogens is 373 g/mol. The lowest BCUT2D eigenvalue weighted by Gasteiger charge is -2.18. The van der Waals surface area contributed by atoms with Crippen LogP contribution in [0.15, 0.2) is 36.5 Å². The Kier molecular flexibility index (Phi) is 10.2. The predicted octanol–water partition coefficient (Wildman–Crippen LogP) is 4.65. The molecule has 26 heavy (non-hydrogen) atoms. The van der Waals surface area contributed by atoms with Crippen LogP contribution in [-0.2, 0) is 4.79 Å². The maximum Gasteiger partial charge on any atom is 0.241 e. The molecule has 0 aliphatic heterocycles. The Morgan fingerprint density at radius 3 is 2.54 bits per heavy atom. The van der Waals surface area contributed by atoms with Crippen molar-refractivity contribution >= 4 is 36.4 Å². The van der Waals surface area contributed by atoms with Crippen molar-refractivity contribution in [2.24, 2.45) is 11.7 Å². The van der Waals surface area contributed by atoms with Gasteiger partial charge in [0.25, 0.3) is 0 Å². The van der Waals surface area contributed by atoms with E-state index in [0.717, 1.165) is 17.5 Å². The number of ether oxygens (including phenoxy) is 1. The van der Waals surface area contributed by atoms with E-state index < -0.39 is 6.04 Å². The minimum Gasteiger partial charge on any atom is -0.439 e. The van der Waals surface area contributed by atoms with Crippen molar-refractivity contribution in [3.8, 4) is 11.6 Å². The number of carbonyl (C=O) groups is 1. The highest BCUT2D eigenvalue weighted by atomic mass is 35.5. The summed E-state index contributed by atoms with van der Waals surface area (Å²) >= 11 is 0. The van der Waals surface area contributed by atoms with Crippen LogP contribution < -0.4 is 15.8 Å². The number of nitrogens with one attached hydrogen (secondary N) is 1. The third-order valence-corrected chi connectivity index (χ3v) is 4.12. The number of hydrogen-bond donors (Lipinski definition) is 2. The maximum atomic E-state index is 12.2. The highest BCUT2D eigenvalue weighted by molar-refractivity contribution is 5.95. The molecular formula is C19H27Cl2N3O2. The Bertz CT molecular complexity index is 726. The largest absolute Gasteiger partial charge is 0.439 e. The Morgan fingerprint density at radius 1 is 1.23 bits per heavy atom. The van der Waals surface area contributed by atoms with Gasteiger partial charge in [-0.15, -0.1) is 24.8 Å². The summed E-state index contributed by atoms with van der Waals surface area (Å²) in [6.07, 6.45) is 2.56. The standard InChI is InChI=1S/C19H25N3O2.2ClH/c1-5-13(3)18(20)19(23)22-15-7-6-14(4)16(11-15)24-17-10-12(2)8-9-21-17;;/h6-11,13,18H,5,20H2,1-4H3,(H,22,23);2*1H. The molecule has 5 nitrogen and oxygen atoms in total. The highest BCUT2D eigenvalue weighted by Crippen LogP contribution is 2.27. The van der Waals surface area contributed by atoms with Crippen molar-refractivity contribution < 1.29 is 9.53 Å². The summed E-state index contributed by atoms with van der Waals surface area (Å²) in [5, 5.41) is 2.86. The molecule has 0 spiro atoms. The zero-order valence-electron chi connectivity index (χ0n) is 15.5. The Balaban J connectivity index is 0.00000312. The number of nitrogens with zero attached hydrogens (tertiary/aromatic N) is 1. The fraction of sp³-hybridized carbons (Fsp3) is 0.368. The summed E-state index contributed by atoms with van der Waals surface area (Å²) in [6.45, 7) is 7.91. The molecule has 2 atom stereocenters. The predicted molar refractivity (Wildman–Crippen MR) is 111 cm³/mol. The van der Waals surface area contributed by atoms with E-state index in [9.17, 15) is 4.79 Å². The molecule has 144 valence electrons. The van der Waals surface area contributed by atoms with E-state index in [-0.39, 0.29) is 36.6 Å². The van der Waals surface area contributed by atoms with Gasteiger partial charge in [-0.2, -0.15) is 0 Å². The van der Waals surface area contributed by atoms with Crippen LogP contribution in [-0.4, -0.2) is 16.9 Å². The van der Waals surface area contributed by atoms with Crippen molar-refractivity contribution in [2.45, 2.75) is 40.2 Å². The minimum absolute atomic E-state index is 0. The van der Waals surface area contributed by atoms with E-state index in [1.807, 2.05) is 52.0 Å². The molecule has 0 bridgehead atoms. The number of halogens is 2. The number of benzene rings is 1. The smallest absolute Gasteiger partial charge is 0.241 e. The van der Waals surface area contributed by atoms with Gasteiger partial charge in [-0.25, -0.2) is 4.98 Å². The van der Waals surface area contributed by atoms with Crippen LogP contribution in [0.4, 0.5) is 5.69 Å². The van der Waals surface area contributed by atoms with E-state index in [2.05, 4.69) is 10.3 Å². The van der Waals surface area contributed by atoms with Gasteiger partial charge in [0, 0.05) is 24.0 Å². The van der Waals surface area contributed by atoms with Gasteiger partial charge in [-0.3, -0.25) is 4.79 Å². The van der Waals surface area contributed by atoms with E-state index >= 15 is 0 Å². The van der Waals surface area contributed by atoms with Crippen molar-refractivity contribution in [3.63, 3.8) is 0 Å². The number of amides is 1. The number of aryl methyl sites for hydroxylation is 2. The van der Waals surface area contributed by atoms with Gasteiger partial charge in [0.05, 0.1) is 6.04 Å². The van der Waals surface area contributed by atoms with E-state index in [4.69, 9.17) is 10.5 Å². The van der Waals surface area contributed by atoms with Crippen LogP contribution in [0.1, 0.15) is 31.4 Å². The van der Waals surface area contributed by atoms with Crippen molar-refractivity contribution in [1.29, 1.82) is 0 Å². The first kappa shape index (κ1) is 24.2. The Morgan fingerprint density at radius 2 is 1.92 bits per heavy atom. The summed E-state index contributed by atoms with van der Waals surface area (Å²) in [4.78, 5) is 16.4. The summed E-state index contributed by atoms with van der Waals surface area (Å²) in [6, 6.07) is 8.78. The lowest BCUT2D eigenvalue weighted by Crippen LogP contribution is -2.40. The third-order valence-electron chi connectivity index (χ3n) is 4.12. The summed E-state index contributed by atoms with van der Waals surface area (Å²) < 4.78 is 5.85. The number of pyridine rings is 1. The van der Waals surface area contributed by atoms with E-state index in [1.54, 1.807) is 12.3 Å². The monoisotopic (exact) mass is 399 g/mol. The molecule has 0 aliphatic carbocycles. The second-order valence-corrected chi connectivity index (χ2v) is 6.15. The van der Waals surface area contributed by atoms with Gasteiger partial charge >= 0.3 is 0 Å². The SMILES string of the molecule is CCC(C)C(N)C(=O)Nc1ccc(C)c(Oc2cc(C)ccn2)c1.Cl.Cl. The van der Waals surface area contributed by atoms with Crippen LogP contribution >= 0.6 is 24.8 Å². The first-order valence-electron chi connectivity index (χ1n) is 8.18. The Hall–Kier alpha value is -1.82. The highest BCUT2D eigenvalue weighted by Gasteiger charge is 2.19. The molecule has 0 aliphatic rings. The Labute approximate surface area is 167 Å². The van der Waals surface area contributed by atoms with Crippen LogP contribution in [0.25, 0.3) is 0 Å². The number of anilines is 1. The molecule has 2 aromatic rings. The number of hydrogen-bond acceptors (Lipinski definition) is 4. The van der Waals surface area contributed by atoms with Gasteiger partial charge in [0.1, 0.15) is 5.75 Å². The number of aromatic nitrogens is 1. The van der Waals surface area contributed by atoms with Crippen LogP contribution in [0.3, 0.4) is 0 Å². The molecule has 2 rings (SSSR count). The second kappa shape index (κ2) is 11.0. The van der Waals surface area contributed by atoms with Crippen molar-refractivity contribution in [1.82, 2.24) is 4.98 Å². The first-order chi connectivity index (χ1) is 11.4. The van der Waals surface area contributed by atoms with Crippen molar-refractivity contribution in [3.05, 3.63) is 47.7 Å². The molecule has 1 aromatic heterocycles. The van der Waals surface area contributed by atoms with Crippen LogP contribution in [0, 0.1) is 19.8 Å². The molecule has 1 heterocycles. The first-order valence-corrected chi connectivity index (χ1v) is 8.18. The van der Waals surface area contributed by atoms with Gasteiger partial charge < -0.3 is 15.8 Å². The normalized spacial score (nSPS) is 12.2. The number of carbonyl (C=O) groups excluding carboxylic acids is 1. The van der Waals surface area contributed by atoms with Crippen LogP contribution in [0.2, 0.25) is 0 Å². The van der Waals surface area contributed by atoms with E-state index in [0.29, 0.717) is 17.3 Å². The van der Waals surface area contributed by atoms with Crippen molar-refractivity contribution in [2.75, 3.05) is 5.32 Å². The summed E-state index contributed by atoms with van der Waals surface area (Å²) in [5.74, 6) is 1.12. The second-order valence-electron chi connectivity index (χ2n) is 6.15. The summed E-state index contributed by atoms with van der Waals surface area (Å²) in [5.41, 5.74) is 8.66. The average Bonchev–Trinajstić information content (AvgIpc) is 2.56. The molecule has 7 heteroatoms. The van der Waals surface area contributed by atoms with Gasteiger partial charge in [-0.1, -0.05) is 26.3 Å². The lowest BCUT2D eigenvalue weighted by molar-refractivity contribution is -0.118. The van der Waals surface area contributed by atoms with E-state index in [1.165, 1.54) is 0 Å². The number of nitrogens with two attached hydrogens (primary N) is 1. The molecule has 0 fully saturated rings. The van der Waals surface area contributed by atoms with Crippen LogP contribution in [0.5, 0.6) is 11.6 Å². The molecule has 1 amide bonds. The minimum atomic E-state index is -0.529. The van der Waals surface area contributed by atoms with Gasteiger partial charge in [0.15, 0.2) is 0 Å². The topological polar surface area (TPSA) is 77.2 Å². The summed E-state index contributed by atoms with van der Waals surface area (Å²) in [7, 11) is 0. The fourth-order valence-electron chi connectivity index (χ4n) is 2.20. The van der Waals surface area contributed by atoms with Gasteiger partial charge in [0.2, 0.25) is 11.8 Å². The third kappa shape index (κ3) is 6.48. The van der Waals surface area contributed by atoms with Gasteiger partial charge in [-0.05, 0) is 43.0 Å². The zero-order valence-corrected chi connectivity index (χ0v) is 17.1. The lowest BCUT2D eigenvalue weighted by atomic mass is 9.99. The molecule has 0 radical (unpaired) electrons. The number of rotatable bonds is 6. The zero-order chi connectivity index (χ0) is 17.7.